The van der Waals surface area contributed by atoms with Crippen molar-refractivity contribution in [2.45, 2.75) is 6.92 Å². The molecule has 126 valence electrons. The van der Waals surface area contributed by atoms with Gasteiger partial charge in [0.05, 0.1) is 0 Å². The maximum Gasteiger partial charge on any atom is 0.257 e. The minimum absolute atomic E-state index is 0.229. The number of rotatable bonds is 4. The molecular weight excluding hydrogens is 354 g/mol. The van der Waals surface area contributed by atoms with E-state index in [2.05, 4.69) is 26.1 Å². The number of carbonyl (C=O) groups is 1. The van der Waals surface area contributed by atoms with Crippen molar-refractivity contribution >= 4 is 50.5 Å². The SMILES string of the molecule is Cc1ccc(C(=O)Nc2nnc(NC(=S)Nc3ccccc3)s2)cc1. The molecule has 3 N–H and O–H groups in total. The van der Waals surface area contributed by atoms with Crippen molar-refractivity contribution in [3.63, 3.8) is 0 Å². The maximum atomic E-state index is 12.2. The smallest absolute Gasteiger partial charge is 0.257 e. The van der Waals surface area contributed by atoms with E-state index in [4.69, 9.17) is 12.2 Å². The standard InChI is InChI=1S/C17H15N5OS2/c1-11-7-9-12(10-8-11)14(23)19-16-21-22-17(25-16)20-15(24)18-13-5-3-2-4-6-13/h2-10H,1H3,(H,19,21,23)(H2,18,20,22,24). The highest BCUT2D eigenvalue weighted by atomic mass is 32.1. The number of amides is 1. The lowest BCUT2D eigenvalue weighted by molar-refractivity contribution is 0.102. The van der Waals surface area contributed by atoms with Gasteiger partial charge in [0.15, 0.2) is 5.11 Å². The second-order valence-electron chi connectivity index (χ2n) is 5.18. The Morgan fingerprint density at radius 3 is 2.24 bits per heavy atom. The van der Waals surface area contributed by atoms with Gasteiger partial charge in [-0.25, -0.2) is 0 Å². The van der Waals surface area contributed by atoms with E-state index in [9.17, 15) is 4.79 Å². The number of nitrogens with one attached hydrogen (secondary N) is 3. The molecule has 0 bridgehead atoms. The van der Waals surface area contributed by atoms with Crippen molar-refractivity contribution in [3.8, 4) is 0 Å². The number of thiocarbonyl (C=S) groups is 1. The molecule has 3 aromatic rings. The van der Waals surface area contributed by atoms with Crippen molar-refractivity contribution in [1.29, 1.82) is 0 Å². The van der Waals surface area contributed by atoms with E-state index in [1.54, 1.807) is 12.1 Å². The molecule has 0 radical (unpaired) electrons. The van der Waals surface area contributed by atoms with Crippen LogP contribution in [0, 0.1) is 6.92 Å². The molecule has 6 nitrogen and oxygen atoms in total. The number of hydrogen-bond donors (Lipinski definition) is 3. The van der Waals surface area contributed by atoms with Crippen molar-refractivity contribution < 1.29 is 4.79 Å². The molecule has 25 heavy (non-hydrogen) atoms. The highest BCUT2D eigenvalue weighted by molar-refractivity contribution is 7.80. The highest BCUT2D eigenvalue weighted by Gasteiger charge is 2.11. The molecule has 1 aromatic heterocycles. The molecular formula is C17H15N5OS2. The first-order valence-corrected chi connectivity index (χ1v) is 8.67. The van der Waals surface area contributed by atoms with Crippen LogP contribution in [0.25, 0.3) is 0 Å². The molecule has 1 amide bonds. The van der Waals surface area contributed by atoms with E-state index in [0.29, 0.717) is 20.9 Å². The van der Waals surface area contributed by atoms with E-state index in [1.165, 1.54) is 11.3 Å². The summed E-state index contributed by atoms with van der Waals surface area (Å²) in [5.41, 5.74) is 2.53. The number of para-hydroxylation sites is 1. The quantitative estimate of drug-likeness (QED) is 0.605. The Morgan fingerprint density at radius 1 is 0.920 bits per heavy atom. The monoisotopic (exact) mass is 369 g/mol. The first-order chi connectivity index (χ1) is 12.1. The van der Waals surface area contributed by atoms with Crippen molar-refractivity contribution in [2.75, 3.05) is 16.0 Å². The first-order valence-electron chi connectivity index (χ1n) is 7.45. The maximum absolute atomic E-state index is 12.2. The van der Waals surface area contributed by atoms with Crippen LogP contribution in [0.5, 0.6) is 0 Å². The number of benzene rings is 2. The van der Waals surface area contributed by atoms with Gasteiger partial charge in [0.25, 0.3) is 5.91 Å². The van der Waals surface area contributed by atoms with E-state index < -0.39 is 0 Å². The van der Waals surface area contributed by atoms with Crippen LogP contribution in [-0.2, 0) is 0 Å². The summed E-state index contributed by atoms with van der Waals surface area (Å²) in [4.78, 5) is 12.2. The third-order valence-electron chi connectivity index (χ3n) is 3.21. The fourth-order valence-corrected chi connectivity index (χ4v) is 2.90. The molecule has 0 aliphatic rings. The van der Waals surface area contributed by atoms with E-state index in [1.807, 2.05) is 49.4 Å². The summed E-state index contributed by atoms with van der Waals surface area (Å²) in [6.07, 6.45) is 0. The van der Waals surface area contributed by atoms with E-state index in [-0.39, 0.29) is 5.91 Å². The second kappa shape index (κ2) is 7.82. The zero-order valence-electron chi connectivity index (χ0n) is 13.3. The topological polar surface area (TPSA) is 78.9 Å². The Morgan fingerprint density at radius 2 is 1.56 bits per heavy atom. The van der Waals surface area contributed by atoms with Gasteiger partial charge in [-0.1, -0.05) is 47.2 Å². The lowest BCUT2D eigenvalue weighted by Crippen LogP contribution is -2.18. The summed E-state index contributed by atoms with van der Waals surface area (Å²) < 4.78 is 0. The van der Waals surface area contributed by atoms with Crippen LogP contribution in [0.1, 0.15) is 15.9 Å². The predicted octanol–water partition coefficient (Wildman–Crippen LogP) is 3.91. The third-order valence-corrected chi connectivity index (χ3v) is 4.17. The first kappa shape index (κ1) is 17.0. The van der Waals surface area contributed by atoms with Crippen molar-refractivity contribution in [2.24, 2.45) is 0 Å². The molecule has 0 saturated carbocycles. The van der Waals surface area contributed by atoms with Gasteiger partial charge >= 0.3 is 0 Å². The Balaban J connectivity index is 1.57. The zero-order valence-corrected chi connectivity index (χ0v) is 14.9. The van der Waals surface area contributed by atoms with Crippen molar-refractivity contribution in [1.82, 2.24) is 10.2 Å². The van der Waals surface area contributed by atoms with Gasteiger partial charge < -0.3 is 10.6 Å². The van der Waals surface area contributed by atoms with Crippen LogP contribution in [0.15, 0.2) is 54.6 Å². The van der Waals surface area contributed by atoms with Gasteiger partial charge in [-0.3, -0.25) is 10.1 Å². The van der Waals surface area contributed by atoms with Gasteiger partial charge in [-0.15, -0.1) is 10.2 Å². The summed E-state index contributed by atoms with van der Waals surface area (Å²) in [6, 6.07) is 16.9. The molecule has 0 atom stereocenters. The molecule has 0 spiro atoms. The number of aromatic nitrogens is 2. The average Bonchev–Trinajstić information content (AvgIpc) is 3.03. The highest BCUT2D eigenvalue weighted by Crippen LogP contribution is 2.21. The Hall–Kier alpha value is -2.84. The summed E-state index contributed by atoms with van der Waals surface area (Å²) >= 11 is 6.44. The average molecular weight is 369 g/mol. The van der Waals surface area contributed by atoms with Crippen molar-refractivity contribution in [3.05, 3.63) is 65.7 Å². The summed E-state index contributed by atoms with van der Waals surface area (Å²) in [7, 11) is 0. The molecule has 0 saturated heterocycles. The Kier molecular flexibility index (Phi) is 5.32. The molecule has 2 aromatic carbocycles. The van der Waals surface area contributed by atoms with E-state index in [0.717, 1.165) is 11.3 Å². The molecule has 8 heteroatoms. The summed E-state index contributed by atoms with van der Waals surface area (Å²) in [6.45, 7) is 1.97. The number of carbonyl (C=O) groups excluding carboxylic acids is 1. The number of nitrogens with zero attached hydrogens (tertiary/aromatic N) is 2. The Labute approximate surface area is 154 Å². The number of aryl methyl sites for hydroxylation is 1. The van der Waals surface area contributed by atoms with E-state index >= 15 is 0 Å². The minimum Gasteiger partial charge on any atom is -0.332 e. The van der Waals surface area contributed by atoms with Crippen LogP contribution in [0.3, 0.4) is 0 Å². The molecule has 0 fully saturated rings. The molecule has 3 rings (SSSR count). The van der Waals surface area contributed by atoms with Crippen LogP contribution in [0.4, 0.5) is 16.0 Å². The van der Waals surface area contributed by atoms with Gasteiger partial charge in [-0.05, 0) is 43.4 Å². The number of anilines is 3. The lowest BCUT2D eigenvalue weighted by Gasteiger charge is -2.07. The normalized spacial score (nSPS) is 10.1. The second-order valence-corrected chi connectivity index (χ2v) is 6.56. The largest absolute Gasteiger partial charge is 0.332 e. The van der Waals surface area contributed by atoms with Gasteiger partial charge in [0, 0.05) is 11.3 Å². The zero-order chi connectivity index (χ0) is 17.6. The predicted molar refractivity (Wildman–Crippen MR) is 105 cm³/mol. The van der Waals surface area contributed by atoms with Gasteiger partial charge in [0.2, 0.25) is 10.3 Å². The molecule has 0 aliphatic carbocycles. The molecule has 0 aliphatic heterocycles. The van der Waals surface area contributed by atoms with Crippen LogP contribution in [-0.4, -0.2) is 21.2 Å². The van der Waals surface area contributed by atoms with Crippen LogP contribution >= 0.6 is 23.6 Å². The minimum atomic E-state index is -0.229. The Bertz CT molecular complexity index is 878. The summed E-state index contributed by atoms with van der Waals surface area (Å²) in [5, 5.41) is 17.9. The van der Waals surface area contributed by atoms with Crippen LogP contribution < -0.4 is 16.0 Å². The molecule has 1 heterocycles. The van der Waals surface area contributed by atoms with Crippen LogP contribution in [0.2, 0.25) is 0 Å². The van der Waals surface area contributed by atoms with Gasteiger partial charge in [-0.2, -0.15) is 0 Å². The fraction of sp³-hybridized carbons (Fsp3) is 0.0588. The lowest BCUT2D eigenvalue weighted by atomic mass is 10.1. The van der Waals surface area contributed by atoms with Gasteiger partial charge in [0.1, 0.15) is 0 Å². The third kappa shape index (κ3) is 4.82. The number of hydrogen-bond acceptors (Lipinski definition) is 5. The fourth-order valence-electron chi connectivity index (χ4n) is 1.98. The summed E-state index contributed by atoms with van der Waals surface area (Å²) in [5.74, 6) is -0.229. The molecule has 0 unspecified atom stereocenters.